The number of methoxy groups -OCH3 is 1. The quantitative estimate of drug-likeness (QED) is 0.623. The molecule has 8 nitrogen and oxygen atoms in total. The Labute approximate surface area is 160 Å². The molecule has 1 amide bonds. The molecule has 3 heterocycles. The van der Waals surface area contributed by atoms with E-state index >= 15 is 0 Å². The van der Waals surface area contributed by atoms with Crippen molar-refractivity contribution in [2.24, 2.45) is 0 Å². The predicted molar refractivity (Wildman–Crippen MR) is 99.2 cm³/mol. The van der Waals surface area contributed by atoms with Crippen LogP contribution < -0.4 is 10.4 Å². The molecule has 0 radical (unpaired) electrons. The second kappa shape index (κ2) is 6.94. The molecule has 0 spiro atoms. The number of fused-ring (bicyclic) bond motifs is 3. The third-order valence-electron chi connectivity index (χ3n) is 5.58. The molecular formula is C20H21NO7. The summed E-state index contributed by atoms with van der Waals surface area (Å²) in [4.78, 5) is 38.3. The number of hydrogen-bond acceptors (Lipinski definition) is 7. The number of likely N-dealkylation sites (tertiary alicyclic amines) is 1. The van der Waals surface area contributed by atoms with Crippen molar-refractivity contribution in [2.45, 2.75) is 32.3 Å². The van der Waals surface area contributed by atoms with Gasteiger partial charge in [0.15, 0.2) is 23.4 Å². The first-order valence-electron chi connectivity index (χ1n) is 9.18. The van der Waals surface area contributed by atoms with Crippen molar-refractivity contribution in [2.75, 3.05) is 26.8 Å². The molecule has 1 saturated heterocycles. The van der Waals surface area contributed by atoms with E-state index < -0.39 is 5.63 Å². The largest absolute Gasteiger partial charge is 0.504 e. The fraction of sp³-hybridized carbons (Fsp3) is 0.450. The zero-order valence-corrected chi connectivity index (χ0v) is 15.7. The van der Waals surface area contributed by atoms with Gasteiger partial charge in [0.2, 0.25) is 5.91 Å². The van der Waals surface area contributed by atoms with E-state index in [1.165, 1.54) is 0 Å². The van der Waals surface area contributed by atoms with Gasteiger partial charge in [-0.2, -0.15) is 0 Å². The Bertz CT molecular complexity index is 1030. The second-order valence-electron chi connectivity index (χ2n) is 7.17. The number of aromatic hydroxyl groups is 1. The number of carbonyl (C=O) groups excluding carboxylic acids is 2. The van der Waals surface area contributed by atoms with E-state index in [0.29, 0.717) is 48.9 Å². The van der Waals surface area contributed by atoms with Crippen LogP contribution in [-0.2, 0) is 22.4 Å². The van der Waals surface area contributed by atoms with Gasteiger partial charge in [0.1, 0.15) is 5.56 Å². The van der Waals surface area contributed by atoms with Crippen LogP contribution in [0.5, 0.6) is 11.5 Å². The lowest BCUT2D eigenvalue weighted by Gasteiger charge is -2.38. The number of ether oxygens (including phenoxy) is 2. The van der Waals surface area contributed by atoms with Crippen molar-refractivity contribution in [3.8, 4) is 11.5 Å². The molecule has 1 fully saturated rings. The van der Waals surface area contributed by atoms with Crippen LogP contribution in [0.4, 0.5) is 0 Å². The molecule has 2 aliphatic heterocycles. The lowest BCUT2D eigenvalue weighted by atomic mass is 9.92. The molecule has 2 aromatic rings. The second-order valence-corrected chi connectivity index (χ2v) is 7.17. The zero-order chi connectivity index (χ0) is 20.0. The molecule has 28 heavy (non-hydrogen) atoms. The van der Waals surface area contributed by atoms with Gasteiger partial charge in [-0.1, -0.05) is 0 Å². The van der Waals surface area contributed by atoms with Crippen molar-refractivity contribution < 1.29 is 28.6 Å². The molecule has 1 N–H and O–H groups in total. The molecule has 0 aliphatic carbocycles. The summed E-state index contributed by atoms with van der Waals surface area (Å²) in [5, 5.41) is 11.0. The smallest absolute Gasteiger partial charge is 0.340 e. The standard InChI is InChI=1S/C20H21NO7/c1-10-13(6-15(23)21-7-11(8-21)26-2)20(25)28-18-14(9-22)17(24)19-12(16(10)18)4-3-5-27-19/h9,11,24H,3-8H2,1-2H3. The van der Waals surface area contributed by atoms with Gasteiger partial charge in [-0.15, -0.1) is 0 Å². The van der Waals surface area contributed by atoms with Crippen LogP contribution in [0.3, 0.4) is 0 Å². The lowest BCUT2D eigenvalue weighted by molar-refractivity contribution is -0.142. The SMILES string of the molecule is COC1CN(C(=O)Cc2c(C)c3c4c(c(O)c(C=O)c3oc2=O)OCCC4)C1. The Morgan fingerprint density at radius 2 is 2.14 bits per heavy atom. The van der Waals surface area contributed by atoms with Crippen LogP contribution in [0.1, 0.15) is 33.5 Å². The van der Waals surface area contributed by atoms with Crippen molar-refractivity contribution in [1.29, 1.82) is 0 Å². The van der Waals surface area contributed by atoms with Gasteiger partial charge in [-0.25, -0.2) is 4.79 Å². The Kier molecular flexibility index (Phi) is 4.58. The number of carbonyl (C=O) groups is 2. The number of hydrogen-bond donors (Lipinski definition) is 1. The van der Waals surface area contributed by atoms with Crippen LogP contribution in [0, 0.1) is 6.92 Å². The Hall–Kier alpha value is -2.87. The zero-order valence-electron chi connectivity index (χ0n) is 15.7. The highest BCUT2D eigenvalue weighted by Gasteiger charge is 2.32. The van der Waals surface area contributed by atoms with Crippen LogP contribution in [0.2, 0.25) is 0 Å². The first kappa shape index (κ1) is 18.5. The highest BCUT2D eigenvalue weighted by molar-refractivity contribution is 6.02. The number of phenols is 1. The van der Waals surface area contributed by atoms with Gasteiger partial charge in [-0.3, -0.25) is 9.59 Å². The van der Waals surface area contributed by atoms with E-state index in [0.717, 1.165) is 6.42 Å². The van der Waals surface area contributed by atoms with Gasteiger partial charge < -0.3 is 23.9 Å². The Morgan fingerprint density at radius 1 is 1.39 bits per heavy atom. The van der Waals surface area contributed by atoms with Crippen molar-refractivity contribution in [1.82, 2.24) is 4.90 Å². The third kappa shape index (κ3) is 2.75. The van der Waals surface area contributed by atoms with E-state index in [1.807, 2.05) is 0 Å². The monoisotopic (exact) mass is 387 g/mol. The van der Waals surface area contributed by atoms with E-state index in [1.54, 1.807) is 18.9 Å². The normalized spacial score (nSPS) is 16.4. The molecule has 0 unspecified atom stereocenters. The molecule has 8 heteroatoms. The summed E-state index contributed by atoms with van der Waals surface area (Å²) >= 11 is 0. The molecule has 2 aliphatic rings. The fourth-order valence-corrected chi connectivity index (χ4v) is 3.90. The summed E-state index contributed by atoms with van der Waals surface area (Å²) in [5.41, 5.74) is 0.782. The number of aldehydes is 1. The first-order valence-corrected chi connectivity index (χ1v) is 9.18. The predicted octanol–water partition coefficient (Wildman–Crippen LogP) is 1.34. The number of aryl methyl sites for hydroxylation is 2. The van der Waals surface area contributed by atoms with Crippen LogP contribution in [-0.4, -0.2) is 55.1 Å². The molecule has 4 rings (SSSR count). The third-order valence-corrected chi connectivity index (χ3v) is 5.58. The Morgan fingerprint density at radius 3 is 2.82 bits per heavy atom. The molecule has 0 bridgehead atoms. The highest BCUT2D eigenvalue weighted by atomic mass is 16.5. The molecule has 0 atom stereocenters. The number of phenolic OH excluding ortho intramolecular Hbond substituents is 1. The maximum atomic E-state index is 12.6. The topological polar surface area (TPSA) is 106 Å². The minimum absolute atomic E-state index is 0.0281. The summed E-state index contributed by atoms with van der Waals surface area (Å²) in [6, 6.07) is 0. The minimum Gasteiger partial charge on any atom is -0.504 e. The highest BCUT2D eigenvalue weighted by Crippen LogP contribution is 2.43. The molecular weight excluding hydrogens is 366 g/mol. The summed E-state index contributed by atoms with van der Waals surface area (Å²) < 4.78 is 16.2. The lowest BCUT2D eigenvalue weighted by Crippen LogP contribution is -2.55. The molecule has 0 saturated carbocycles. The van der Waals surface area contributed by atoms with Crippen molar-refractivity contribution >= 4 is 23.2 Å². The maximum Gasteiger partial charge on any atom is 0.340 e. The van der Waals surface area contributed by atoms with Gasteiger partial charge in [-0.05, 0) is 25.3 Å². The summed E-state index contributed by atoms with van der Waals surface area (Å²) in [7, 11) is 1.60. The number of benzene rings is 1. The van der Waals surface area contributed by atoms with Crippen LogP contribution >= 0.6 is 0 Å². The average Bonchev–Trinajstić information content (AvgIpc) is 2.64. The van der Waals surface area contributed by atoms with Gasteiger partial charge >= 0.3 is 5.63 Å². The maximum absolute atomic E-state index is 12.6. The van der Waals surface area contributed by atoms with Gasteiger partial charge in [0.25, 0.3) is 0 Å². The van der Waals surface area contributed by atoms with Crippen LogP contribution in [0.15, 0.2) is 9.21 Å². The number of nitrogens with zero attached hydrogens (tertiary/aromatic N) is 1. The Balaban J connectivity index is 1.83. The summed E-state index contributed by atoms with van der Waals surface area (Å²) in [6.45, 7) is 3.16. The summed E-state index contributed by atoms with van der Waals surface area (Å²) in [6.07, 6.45) is 1.74. The number of rotatable bonds is 4. The van der Waals surface area contributed by atoms with Gasteiger partial charge in [0, 0.05) is 31.1 Å². The number of amides is 1. The molecule has 148 valence electrons. The van der Waals surface area contributed by atoms with E-state index in [9.17, 15) is 19.5 Å². The van der Waals surface area contributed by atoms with Crippen LogP contribution in [0.25, 0.3) is 11.0 Å². The van der Waals surface area contributed by atoms with Gasteiger partial charge in [0.05, 0.1) is 24.7 Å². The average molecular weight is 387 g/mol. The van der Waals surface area contributed by atoms with E-state index in [2.05, 4.69) is 0 Å². The molecule has 1 aromatic carbocycles. The van der Waals surface area contributed by atoms with E-state index in [-0.39, 0.29) is 46.6 Å². The first-order chi connectivity index (χ1) is 13.5. The molecule has 1 aromatic heterocycles. The minimum atomic E-state index is -0.679. The van der Waals surface area contributed by atoms with Crippen molar-refractivity contribution in [3.05, 3.63) is 32.7 Å². The fourth-order valence-electron chi connectivity index (χ4n) is 3.90. The van der Waals surface area contributed by atoms with Crippen molar-refractivity contribution in [3.63, 3.8) is 0 Å². The summed E-state index contributed by atoms with van der Waals surface area (Å²) in [5.74, 6) is -0.238. The van der Waals surface area contributed by atoms with E-state index in [4.69, 9.17) is 13.9 Å².